The molecule has 0 radical (unpaired) electrons. The van der Waals surface area contributed by atoms with Crippen molar-refractivity contribution in [3.8, 4) is 6.07 Å². The van der Waals surface area contributed by atoms with E-state index in [-0.39, 0.29) is 4.58 Å². The van der Waals surface area contributed by atoms with Gasteiger partial charge in [-0.2, -0.15) is 5.26 Å². The van der Waals surface area contributed by atoms with Crippen LogP contribution in [0.5, 0.6) is 0 Å². The number of aliphatic hydroxyl groups is 2. The predicted molar refractivity (Wildman–Crippen MR) is 69.9 cm³/mol. The van der Waals surface area contributed by atoms with Gasteiger partial charge in [0.05, 0.1) is 28.4 Å². The van der Waals surface area contributed by atoms with Gasteiger partial charge in [0.1, 0.15) is 0 Å². The third-order valence-electron chi connectivity index (χ3n) is 2.58. The zero-order valence-electron chi connectivity index (χ0n) is 9.11. The van der Waals surface area contributed by atoms with Crippen molar-refractivity contribution in [1.82, 2.24) is 0 Å². The van der Waals surface area contributed by atoms with Crippen molar-refractivity contribution in [2.75, 3.05) is 5.75 Å². The Morgan fingerprint density at radius 1 is 1.24 bits per heavy atom. The molecule has 1 fully saturated rings. The fourth-order valence-electron chi connectivity index (χ4n) is 1.58. The van der Waals surface area contributed by atoms with Crippen molar-refractivity contribution in [2.24, 2.45) is 0 Å². The summed E-state index contributed by atoms with van der Waals surface area (Å²) in [6.45, 7) is 0. The Kier molecular flexibility index (Phi) is 4.35. The van der Waals surface area contributed by atoms with Gasteiger partial charge in [0.15, 0.2) is 0 Å². The van der Waals surface area contributed by atoms with E-state index in [1.807, 2.05) is 12.1 Å². The Bertz CT molecular complexity index is 416. The van der Waals surface area contributed by atoms with Crippen molar-refractivity contribution >= 4 is 23.5 Å². The maximum absolute atomic E-state index is 9.59. The lowest BCUT2D eigenvalue weighted by molar-refractivity contribution is 0.0283. The molecule has 0 saturated carbocycles. The van der Waals surface area contributed by atoms with E-state index < -0.39 is 12.2 Å². The van der Waals surface area contributed by atoms with Gasteiger partial charge >= 0.3 is 0 Å². The minimum absolute atomic E-state index is 0.265. The Hall–Kier alpha value is -0.670. The Labute approximate surface area is 109 Å². The number of nitrogens with zero attached hydrogens (tertiary/aromatic N) is 1. The molecule has 2 rings (SSSR count). The molecule has 1 heterocycles. The standard InChI is InChI=1S/C12H13NO2S2/c13-6-8-1-3-9(4-2-8)17-12-5-10(14)11(15)7-16-12/h1-4,10-12,14-15H,5,7H2/t10-,11+,12+/m0/s1. The van der Waals surface area contributed by atoms with Crippen LogP contribution in [0, 0.1) is 11.3 Å². The van der Waals surface area contributed by atoms with E-state index in [0.29, 0.717) is 17.7 Å². The van der Waals surface area contributed by atoms with E-state index in [1.54, 1.807) is 35.7 Å². The summed E-state index contributed by atoms with van der Waals surface area (Å²) in [6.07, 6.45) is -0.624. The van der Waals surface area contributed by atoms with Crippen molar-refractivity contribution in [3.63, 3.8) is 0 Å². The molecule has 90 valence electrons. The maximum Gasteiger partial charge on any atom is 0.0991 e. The van der Waals surface area contributed by atoms with Crippen LogP contribution in [0.3, 0.4) is 0 Å². The molecule has 3 nitrogen and oxygen atoms in total. The molecule has 0 spiro atoms. The molecule has 0 amide bonds. The van der Waals surface area contributed by atoms with Gasteiger partial charge in [-0.1, -0.05) is 0 Å². The van der Waals surface area contributed by atoms with Crippen molar-refractivity contribution in [3.05, 3.63) is 29.8 Å². The summed E-state index contributed by atoms with van der Waals surface area (Å²) in [7, 11) is 0. The lowest BCUT2D eigenvalue weighted by Crippen LogP contribution is -2.35. The normalized spacial score (nSPS) is 28.6. The number of hydrogen-bond donors (Lipinski definition) is 2. The highest BCUT2D eigenvalue weighted by Crippen LogP contribution is 2.38. The van der Waals surface area contributed by atoms with E-state index >= 15 is 0 Å². The molecule has 3 atom stereocenters. The highest BCUT2D eigenvalue weighted by molar-refractivity contribution is 8.17. The summed E-state index contributed by atoms with van der Waals surface area (Å²) in [4.78, 5) is 1.09. The molecule has 0 aromatic heterocycles. The second-order valence-electron chi connectivity index (χ2n) is 3.89. The van der Waals surface area contributed by atoms with Crippen molar-refractivity contribution < 1.29 is 10.2 Å². The van der Waals surface area contributed by atoms with Crippen LogP contribution in [0.25, 0.3) is 0 Å². The molecular formula is C12H13NO2S2. The predicted octanol–water partition coefficient (Wildman–Crippen LogP) is 1.84. The average molecular weight is 267 g/mol. The van der Waals surface area contributed by atoms with Gasteiger partial charge in [-0.15, -0.1) is 23.5 Å². The average Bonchev–Trinajstić information content (AvgIpc) is 2.35. The number of thioether (sulfide) groups is 2. The second kappa shape index (κ2) is 5.78. The molecule has 0 bridgehead atoms. The van der Waals surface area contributed by atoms with Gasteiger partial charge in [-0.3, -0.25) is 0 Å². The number of rotatable bonds is 2. The van der Waals surface area contributed by atoms with Crippen LogP contribution in [-0.2, 0) is 0 Å². The molecule has 17 heavy (non-hydrogen) atoms. The third-order valence-corrected chi connectivity index (χ3v) is 5.38. The van der Waals surface area contributed by atoms with E-state index in [1.165, 1.54) is 0 Å². The van der Waals surface area contributed by atoms with Gasteiger partial charge in [0, 0.05) is 10.6 Å². The molecule has 5 heteroatoms. The van der Waals surface area contributed by atoms with Gasteiger partial charge in [-0.25, -0.2) is 0 Å². The van der Waals surface area contributed by atoms with Gasteiger partial charge in [0.2, 0.25) is 0 Å². The highest BCUT2D eigenvalue weighted by Gasteiger charge is 2.28. The van der Waals surface area contributed by atoms with Crippen molar-refractivity contribution in [2.45, 2.75) is 28.1 Å². The van der Waals surface area contributed by atoms with Crippen LogP contribution in [0.1, 0.15) is 12.0 Å². The number of aliphatic hydroxyl groups excluding tert-OH is 2. The van der Waals surface area contributed by atoms with Crippen LogP contribution in [0.4, 0.5) is 0 Å². The van der Waals surface area contributed by atoms with E-state index in [2.05, 4.69) is 6.07 Å². The molecule has 1 aliphatic heterocycles. The van der Waals surface area contributed by atoms with E-state index in [9.17, 15) is 10.2 Å². The summed E-state index contributed by atoms with van der Waals surface area (Å²) >= 11 is 3.34. The first kappa shape index (κ1) is 12.8. The molecular weight excluding hydrogens is 254 g/mol. The summed E-state index contributed by atoms with van der Waals surface area (Å²) in [5, 5.41) is 27.7. The molecule has 0 aliphatic carbocycles. The summed E-state index contributed by atoms with van der Waals surface area (Å²) in [6, 6.07) is 9.50. The number of benzene rings is 1. The zero-order valence-corrected chi connectivity index (χ0v) is 10.7. The lowest BCUT2D eigenvalue weighted by atomic mass is 10.2. The molecule has 1 aromatic carbocycles. The van der Waals surface area contributed by atoms with Gasteiger partial charge < -0.3 is 10.2 Å². The monoisotopic (exact) mass is 267 g/mol. The van der Waals surface area contributed by atoms with E-state index in [0.717, 1.165) is 4.90 Å². The fraction of sp³-hybridized carbons (Fsp3) is 0.417. The summed E-state index contributed by atoms with van der Waals surface area (Å²) in [5.74, 6) is 0.578. The minimum atomic E-state index is -0.618. The molecule has 2 N–H and O–H groups in total. The SMILES string of the molecule is N#Cc1ccc(S[C@@H]2C[C@H](O)[C@H](O)CS2)cc1. The van der Waals surface area contributed by atoms with Crippen LogP contribution in [0.15, 0.2) is 29.2 Å². The Balaban J connectivity index is 1.94. The van der Waals surface area contributed by atoms with E-state index in [4.69, 9.17) is 5.26 Å². The summed E-state index contributed by atoms with van der Waals surface area (Å²) < 4.78 is 0.265. The highest BCUT2D eigenvalue weighted by atomic mass is 32.2. The van der Waals surface area contributed by atoms with Gasteiger partial charge in [0.25, 0.3) is 0 Å². The Morgan fingerprint density at radius 3 is 2.53 bits per heavy atom. The topological polar surface area (TPSA) is 64.2 Å². The molecule has 1 aromatic rings. The summed E-state index contributed by atoms with van der Waals surface area (Å²) in [5.41, 5.74) is 0.654. The first-order chi connectivity index (χ1) is 8.19. The first-order valence-electron chi connectivity index (χ1n) is 5.33. The Morgan fingerprint density at radius 2 is 1.94 bits per heavy atom. The third kappa shape index (κ3) is 3.39. The smallest absolute Gasteiger partial charge is 0.0991 e. The minimum Gasteiger partial charge on any atom is -0.390 e. The molecule has 1 aliphatic rings. The largest absolute Gasteiger partial charge is 0.390 e. The second-order valence-corrected chi connectivity index (χ2v) is 6.70. The number of hydrogen-bond acceptors (Lipinski definition) is 5. The van der Waals surface area contributed by atoms with Crippen LogP contribution in [-0.4, -0.2) is 32.8 Å². The molecule has 1 saturated heterocycles. The zero-order chi connectivity index (χ0) is 12.3. The van der Waals surface area contributed by atoms with Crippen LogP contribution < -0.4 is 0 Å². The number of nitriles is 1. The fourth-order valence-corrected chi connectivity index (χ4v) is 4.28. The maximum atomic E-state index is 9.59. The van der Waals surface area contributed by atoms with Gasteiger partial charge in [-0.05, 0) is 30.7 Å². The molecule has 0 unspecified atom stereocenters. The lowest BCUT2D eigenvalue weighted by Gasteiger charge is -2.29. The van der Waals surface area contributed by atoms with Crippen LogP contribution >= 0.6 is 23.5 Å². The van der Waals surface area contributed by atoms with Crippen molar-refractivity contribution in [1.29, 1.82) is 5.26 Å². The van der Waals surface area contributed by atoms with Crippen LogP contribution in [0.2, 0.25) is 0 Å². The first-order valence-corrected chi connectivity index (χ1v) is 7.26. The quantitative estimate of drug-likeness (QED) is 0.856.